The quantitative estimate of drug-likeness (QED) is 0.756. The van der Waals surface area contributed by atoms with Crippen molar-refractivity contribution in [3.8, 4) is 0 Å². The minimum atomic E-state index is -0.284. The number of nitrogens with two attached hydrogens (primary N) is 1. The summed E-state index contributed by atoms with van der Waals surface area (Å²) < 4.78 is 15.0. The van der Waals surface area contributed by atoms with Gasteiger partial charge < -0.3 is 5.73 Å². The first kappa shape index (κ1) is 16.5. The molecule has 2 N–H and O–H groups in total. The van der Waals surface area contributed by atoms with Crippen molar-refractivity contribution in [3.05, 3.63) is 45.3 Å². The highest BCUT2D eigenvalue weighted by atomic mass is 79.9. The van der Waals surface area contributed by atoms with E-state index in [0.29, 0.717) is 6.42 Å². The molecule has 0 aliphatic heterocycles. The molecule has 104 valence electrons. The number of hydrogen-bond donors (Lipinski definition) is 1. The molecule has 0 amide bonds. The predicted molar refractivity (Wildman–Crippen MR) is 86.5 cm³/mol. The molecule has 2 nitrogen and oxygen atoms in total. The van der Waals surface area contributed by atoms with Gasteiger partial charge in [-0.15, -0.1) is 0 Å². The molecule has 0 saturated heterocycles. The number of hydrogen-bond acceptors (Lipinski definition) is 2. The molecule has 1 unspecified atom stereocenters. The lowest BCUT2D eigenvalue weighted by Crippen LogP contribution is -2.25. The molecular formula is C14H17Br2FN2. The molecule has 1 atom stereocenters. The molecule has 0 saturated carbocycles. The van der Waals surface area contributed by atoms with Crippen molar-refractivity contribution in [1.82, 2.24) is 0 Å². The van der Waals surface area contributed by atoms with Crippen LogP contribution < -0.4 is 5.73 Å². The third-order valence-corrected chi connectivity index (χ3v) is 3.12. The molecule has 0 aliphatic rings. The minimum Gasteiger partial charge on any atom is -0.322 e. The van der Waals surface area contributed by atoms with Crippen molar-refractivity contribution < 1.29 is 4.39 Å². The third-order valence-electron chi connectivity index (χ3n) is 2.54. The van der Waals surface area contributed by atoms with Gasteiger partial charge in [-0.3, -0.25) is 0 Å². The van der Waals surface area contributed by atoms with Gasteiger partial charge in [0.2, 0.25) is 0 Å². The van der Waals surface area contributed by atoms with Crippen LogP contribution in [0.15, 0.2) is 33.4 Å². The molecule has 0 bridgehead atoms. The summed E-state index contributed by atoms with van der Waals surface area (Å²) in [4.78, 5) is 4.36. The van der Waals surface area contributed by atoms with Gasteiger partial charge in [-0.05, 0) is 66.4 Å². The topological polar surface area (TPSA) is 38.4 Å². The minimum absolute atomic E-state index is 0.233. The second-order valence-electron chi connectivity index (χ2n) is 4.48. The first-order valence-corrected chi connectivity index (χ1v) is 7.47. The van der Waals surface area contributed by atoms with Crippen molar-refractivity contribution in [2.75, 3.05) is 0 Å². The molecule has 0 fully saturated rings. The zero-order chi connectivity index (χ0) is 14.6. The largest absolute Gasteiger partial charge is 0.322 e. The fraction of sp³-hybridized carbons (Fsp3) is 0.357. The van der Waals surface area contributed by atoms with Crippen LogP contribution in [0.4, 0.5) is 4.39 Å². The van der Waals surface area contributed by atoms with Crippen LogP contribution in [-0.2, 0) is 6.42 Å². The number of allylic oxidation sites excluding steroid dienone is 1. The van der Waals surface area contributed by atoms with E-state index in [9.17, 15) is 4.39 Å². The predicted octanol–water partition coefficient (Wildman–Crippen LogP) is 4.44. The Morgan fingerprint density at radius 1 is 1.32 bits per heavy atom. The molecule has 0 aliphatic carbocycles. The van der Waals surface area contributed by atoms with E-state index in [2.05, 4.69) is 36.9 Å². The molecule has 0 aromatic heterocycles. The number of aryl methyl sites for hydroxylation is 1. The Kier molecular flexibility index (Phi) is 6.36. The van der Waals surface area contributed by atoms with E-state index in [-0.39, 0.29) is 11.9 Å². The van der Waals surface area contributed by atoms with E-state index >= 15 is 0 Å². The van der Waals surface area contributed by atoms with Gasteiger partial charge in [0.15, 0.2) is 0 Å². The SMILES string of the molecule is C/C(Br)=N\C(=C(/C)Br)C(N)Cc1cc(C)cc(F)c1. The van der Waals surface area contributed by atoms with E-state index in [1.807, 2.05) is 26.8 Å². The van der Waals surface area contributed by atoms with Crippen molar-refractivity contribution in [3.63, 3.8) is 0 Å². The first-order valence-electron chi connectivity index (χ1n) is 5.88. The van der Waals surface area contributed by atoms with Gasteiger partial charge in [-0.1, -0.05) is 22.0 Å². The molecule has 0 heterocycles. The van der Waals surface area contributed by atoms with Gasteiger partial charge in [-0.2, -0.15) is 0 Å². The summed E-state index contributed by atoms with van der Waals surface area (Å²) >= 11 is 6.71. The van der Waals surface area contributed by atoms with E-state index in [4.69, 9.17) is 5.73 Å². The summed E-state index contributed by atoms with van der Waals surface area (Å²) in [6.07, 6.45) is 0.542. The maximum Gasteiger partial charge on any atom is 0.123 e. The van der Waals surface area contributed by atoms with Gasteiger partial charge in [-0.25, -0.2) is 9.38 Å². The standard InChI is InChI=1S/C14H17Br2FN2/c1-8-4-11(6-12(17)5-8)7-13(18)14(9(2)15)19-10(3)16/h4-6,13H,7,18H2,1-3H3/b14-9+,19-10+. The molecule has 19 heavy (non-hydrogen) atoms. The number of nitrogens with zero attached hydrogens (tertiary/aromatic N) is 1. The molecular weight excluding hydrogens is 375 g/mol. The summed E-state index contributed by atoms with van der Waals surface area (Å²) in [6.45, 7) is 5.60. The van der Waals surface area contributed by atoms with Crippen molar-refractivity contribution in [2.45, 2.75) is 33.2 Å². The number of benzene rings is 1. The van der Waals surface area contributed by atoms with Crippen LogP contribution in [0, 0.1) is 12.7 Å². The Morgan fingerprint density at radius 2 is 1.95 bits per heavy atom. The average Bonchev–Trinajstić information content (AvgIpc) is 2.23. The lowest BCUT2D eigenvalue weighted by molar-refractivity contribution is 0.622. The van der Waals surface area contributed by atoms with E-state index in [1.54, 1.807) is 0 Å². The monoisotopic (exact) mass is 390 g/mol. The summed E-state index contributed by atoms with van der Waals surface area (Å²) in [7, 11) is 0. The lowest BCUT2D eigenvalue weighted by atomic mass is 10.0. The Hall–Kier alpha value is -0.520. The Labute approximate surface area is 130 Å². The number of halogens is 3. The van der Waals surface area contributed by atoms with Crippen LogP contribution in [0.3, 0.4) is 0 Å². The van der Waals surface area contributed by atoms with Gasteiger partial charge in [0.1, 0.15) is 5.82 Å². The molecule has 0 spiro atoms. The van der Waals surface area contributed by atoms with Crippen molar-refractivity contribution in [2.24, 2.45) is 10.7 Å². The summed E-state index contributed by atoms with van der Waals surface area (Å²) in [5, 5.41) is 0. The second-order valence-corrected chi connectivity index (χ2v) is 6.81. The number of rotatable bonds is 4. The maximum atomic E-state index is 13.4. The van der Waals surface area contributed by atoms with Gasteiger partial charge in [0.25, 0.3) is 0 Å². The third kappa shape index (κ3) is 5.55. The lowest BCUT2D eigenvalue weighted by Gasteiger charge is -2.14. The molecule has 1 aromatic rings. The number of aliphatic imine (C=N–C) groups is 1. The van der Waals surface area contributed by atoms with Gasteiger partial charge in [0.05, 0.1) is 16.4 Å². The molecule has 1 rings (SSSR count). The van der Waals surface area contributed by atoms with E-state index < -0.39 is 0 Å². The normalized spacial score (nSPS) is 15.2. The zero-order valence-electron chi connectivity index (χ0n) is 11.2. The zero-order valence-corrected chi connectivity index (χ0v) is 14.3. The van der Waals surface area contributed by atoms with Crippen LogP contribution >= 0.6 is 31.9 Å². The fourth-order valence-corrected chi connectivity index (χ4v) is 2.44. The van der Waals surface area contributed by atoms with Gasteiger partial charge in [0, 0.05) is 4.48 Å². The summed E-state index contributed by atoms with van der Waals surface area (Å²) in [6, 6.07) is 4.67. The molecule has 5 heteroatoms. The van der Waals surface area contributed by atoms with Crippen LogP contribution in [0.1, 0.15) is 25.0 Å². The van der Waals surface area contributed by atoms with Crippen molar-refractivity contribution in [1.29, 1.82) is 0 Å². The Balaban J connectivity index is 2.97. The summed E-state index contributed by atoms with van der Waals surface area (Å²) in [5.74, 6) is -0.233. The Bertz CT molecular complexity index is 496. The highest BCUT2D eigenvalue weighted by Crippen LogP contribution is 2.20. The van der Waals surface area contributed by atoms with Crippen LogP contribution in [-0.4, -0.2) is 10.7 Å². The van der Waals surface area contributed by atoms with Crippen LogP contribution in [0.25, 0.3) is 0 Å². The van der Waals surface area contributed by atoms with Crippen LogP contribution in [0.5, 0.6) is 0 Å². The average molecular weight is 392 g/mol. The van der Waals surface area contributed by atoms with E-state index in [0.717, 1.165) is 25.9 Å². The highest BCUT2D eigenvalue weighted by molar-refractivity contribution is 9.18. The highest BCUT2D eigenvalue weighted by Gasteiger charge is 2.13. The summed E-state index contributed by atoms with van der Waals surface area (Å²) in [5.41, 5.74) is 8.69. The van der Waals surface area contributed by atoms with E-state index in [1.165, 1.54) is 12.1 Å². The van der Waals surface area contributed by atoms with Crippen LogP contribution in [0.2, 0.25) is 0 Å². The second kappa shape index (κ2) is 7.31. The van der Waals surface area contributed by atoms with Gasteiger partial charge >= 0.3 is 0 Å². The fourth-order valence-electron chi connectivity index (χ4n) is 1.86. The maximum absolute atomic E-state index is 13.4. The smallest absolute Gasteiger partial charge is 0.123 e. The molecule has 1 aromatic carbocycles. The molecule has 0 radical (unpaired) electrons. The Morgan fingerprint density at radius 3 is 2.42 bits per heavy atom. The first-order chi connectivity index (χ1) is 8.79. The van der Waals surface area contributed by atoms with Crippen molar-refractivity contribution >= 4 is 36.5 Å².